The first kappa shape index (κ1) is 16.4. The van der Waals surface area contributed by atoms with Crippen LogP contribution in [0.1, 0.15) is 11.1 Å². The zero-order chi connectivity index (χ0) is 15.6. The fourth-order valence-electron chi connectivity index (χ4n) is 1.68. The molecule has 0 unspecified atom stereocenters. The predicted molar refractivity (Wildman–Crippen MR) is 85.0 cm³/mol. The summed E-state index contributed by atoms with van der Waals surface area (Å²) in [5.41, 5.74) is 1.87. The monoisotopic (exact) mass is 364 g/mol. The lowest BCUT2D eigenvalue weighted by Crippen LogP contribution is -1.98. The van der Waals surface area contributed by atoms with Crippen molar-refractivity contribution >= 4 is 42.9 Å². The lowest BCUT2D eigenvalue weighted by Gasteiger charge is -2.10. The second-order valence-electron chi connectivity index (χ2n) is 4.41. The molecule has 2 rings (SSSR count). The quantitative estimate of drug-likeness (QED) is 0.730. The van der Waals surface area contributed by atoms with Gasteiger partial charge in [0, 0.05) is 21.3 Å². The molecule has 0 aromatic heterocycles. The van der Waals surface area contributed by atoms with Crippen LogP contribution in [0, 0.1) is 6.92 Å². The summed E-state index contributed by atoms with van der Waals surface area (Å²) in [5.74, 6) is 0.359. The molecule has 2 aromatic carbocycles. The number of hydrogen-bond acceptors (Lipinski definition) is 3. The summed E-state index contributed by atoms with van der Waals surface area (Å²) in [6, 6.07) is 9.67. The molecular weight excluding hydrogens is 355 g/mol. The average Bonchev–Trinajstić information content (AvgIpc) is 2.38. The van der Waals surface area contributed by atoms with Gasteiger partial charge in [-0.2, -0.15) is 0 Å². The van der Waals surface area contributed by atoms with E-state index in [0.717, 1.165) is 11.1 Å². The maximum atomic E-state index is 11.2. The molecule has 0 spiro atoms. The van der Waals surface area contributed by atoms with Crippen LogP contribution in [0.15, 0.2) is 41.3 Å². The number of halogens is 3. The summed E-state index contributed by atoms with van der Waals surface area (Å²) in [5, 5.41) is 0.769. The number of rotatable bonds is 4. The van der Waals surface area contributed by atoms with E-state index >= 15 is 0 Å². The standard InChI is InChI=1S/C14H11Cl3O3S/c1-9-2-3-10(12(15)6-9)8-20-14-5-4-11(7-13(14)16)21(17,18)19/h2-7H,8H2,1H3. The van der Waals surface area contributed by atoms with Gasteiger partial charge in [0.25, 0.3) is 9.05 Å². The summed E-state index contributed by atoms with van der Waals surface area (Å²) >= 11 is 12.1. The van der Waals surface area contributed by atoms with Gasteiger partial charge in [0.2, 0.25) is 0 Å². The largest absolute Gasteiger partial charge is 0.487 e. The Labute approximate surface area is 137 Å². The van der Waals surface area contributed by atoms with Crippen molar-refractivity contribution < 1.29 is 13.2 Å². The SMILES string of the molecule is Cc1ccc(COc2ccc(S(=O)(=O)Cl)cc2Cl)c(Cl)c1. The van der Waals surface area contributed by atoms with E-state index in [-0.39, 0.29) is 16.5 Å². The van der Waals surface area contributed by atoms with Gasteiger partial charge in [0.05, 0.1) is 9.92 Å². The zero-order valence-corrected chi connectivity index (χ0v) is 14.0. The van der Waals surface area contributed by atoms with Crippen molar-refractivity contribution in [3.63, 3.8) is 0 Å². The summed E-state index contributed by atoms with van der Waals surface area (Å²) in [6.07, 6.45) is 0. The van der Waals surface area contributed by atoms with E-state index in [1.165, 1.54) is 18.2 Å². The highest BCUT2D eigenvalue weighted by Crippen LogP contribution is 2.30. The van der Waals surface area contributed by atoms with Gasteiger partial charge in [-0.1, -0.05) is 35.3 Å². The fraction of sp³-hybridized carbons (Fsp3) is 0.143. The van der Waals surface area contributed by atoms with Crippen molar-refractivity contribution in [3.8, 4) is 5.75 Å². The Kier molecular flexibility index (Phi) is 5.04. The lowest BCUT2D eigenvalue weighted by molar-refractivity contribution is 0.306. The van der Waals surface area contributed by atoms with E-state index in [1.54, 1.807) is 0 Å². The van der Waals surface area contributed by atoms with Crippen LogP contribution in [0.2, 0.25) is 10.0 Å². The highest BCUT2D eigenvalue weighted by atomic mass is 35.7. The van der Waals surface area contributed by atoms with Gasteiger partial charge >= 0.3 is 0 Å². The van der Waals surface area contributed by atoms with E-state index in [2.05, 4.69) is 0 Å². The number of hydrogen-bond donors (Lipinski definition) is 0. The third kappa shape index (κ3) is 4.27. The van der Waals surface area contributed by atoms with Crippen LogP contribution in [-0.2, 0) is 15.7 Å². The first-order valence-electron chi connectivity index (χ1n) is 5.89. The normalized spacial score (nSPS) is 11.4. The summed E-state index contributed by atoms with van der Waals surface area (Å²) in [6.45, 7) is 2.17. The van der Waals surface area contributed by atoms with Gasteiger partial charge in [0.1, 0.15) is 12.4 Å². The average molecular weight is 366 g/mol. The lowest BCUT2D eigenvalue weighted by atomic mass is 10.2. The Hall–Kier alpha value is -0.940. The molecule has 0 N–H and O–H groups in total. The molecule has 0 aliphatic heterocycles. The van der Waals surface area contributed by atoms with Crippen molar-refractivity contribution in [1.82, 2.24) is 0 Å². The van der Waals surface area contributed by atoms with Crippen molar-refractivity contribution in [2.75, 3.05) is 0 Å². The second-order valence-corrected chi connectivity index (χ2v) is 7.79. The smallest absolute Gasteiger partial charge is 0.261 e. The molecule has 0 fully saturated rings. The number of benzene rings is 2. The van der Waals surface area contributed by atoms with Crippen LogP contribution in [0.25, 0.3) is 0 Å². The maximum Gasteiger partial charge on any atom is 0.261 e. The molecule has 112 valence electrons. The molecule has 0 radical (unpaired) electrons. The van der Waals surface area contributed by atoms with Crippen LogP contribution < -0.4 is 4.74 Å². The van der Waals surface area contributed by atoms with Crippen molar-refractivity contribution in [3.05, 3.63) is 57.6 Å². The first-order valence-corrected chi connectivity index (χ1v) is 8.96. The molecule has 0 heterocycles. The second kappa shape index (κ2) is 6.44. The zero-order valence-electron chi connectivity index (χ0n) is 10.9. The molecule has 3 nitrogen and oxygen atoms in total. The Morgan fingerprint density at radius 2 is 1.76 bits per heavy atom. The van der Waals surface area contributed by atoms with Gasteiger partial charge in [-0.3, -0.25) is 0 Å². The van der Waals surface area contributed by atoms with Crippen molar-refractivity contribution in [2.24, 2.45) is 0 Å². The van der Waals surface area contributed by atoms with Crippen LogP contribution in [-0.4, -0.2) is 8.42 Å². The van der Waals surface area contributed by atoms with Crippen LogP contribution >= 0.6 is 33.9 Å². The molecule has 0 aliphatic carbocycles. The topological polar surface area (TPSA) is 43.4 Å². The van der Waals surface area contributed by atoms with Gasteiger partial charge in [-0.25, -0.2) is 8.42 Å². The minimum atomic E-state index is -3.81. The first-order chi connectivity index (χ1) is 9.77. The maximum absolute atomic E-state index is 11.2. The Morgan fingerprint density at radius 3 is 2.33 bits per heavy atom. The molecule has 0 saturated heterocycles. The highest BCUT2D eigenvalue weighted by molar-refractivity contribution is 8.13. The Balaban J connectivity index is 2.17. The molecule has 0 amide bonds. The van der Waals surface area contributed by atoms with E-state index in [4.69, 9.17) is 38.6 Å². The minimum Gasteiger partial charge on any atom is -0.487 e. The summed E-state index contributed by atoms with van der Waals surface area (Å²) in [7, 11) is 1.44. The van der Waals surface area contributed by atoms with Gasteiger partial charge in [-0.15, -0.1) is 0 Å². The van der Waals surface area contributed by atoms with E-state index in [0.29, 0.717) is 10.8 Å². The highest BCUT2D eigenvalue weighted by Gasteiger charge is 2.13. The third-order valence-electron chi connectivity index (χ3n) is 2.78. The minimum absolute atomic E-state index is 0.0742. The molecule has 7 heteroatoms. The van der Waals surface area contributed by atoms with Crippen LogP contribution in [0.3, 0.4) is 0 Å². The molecule has 0 saturated carbocycles. The summed E-state index contributed by atoms with van der Waals surface area (Å²) in [4.78, 5) is -0.0742. The summed E-state index contributed by atoms with van der Waals surface area (Å²) < 4.78 is 28.0. The Bertz CT molecular complexity index is 773. The van der Waals surface area contributed by atoms with E-state index in [9.17, 15) is 8.42 Å². The molecule has 2 aromatic rings. The van der Waals surface area contributed by atoms with E-state index in [1.807, 2.05) is 25.1 Å². The molecule has 0 aliphatic rings. The molecule has 0 bridgehead atoms. The molecule has 0 atom stereocenters. The Morgan fingerprint density at radius 1 is 1.05 bits per heavy atom. The van der Waals surface area contributed by atoms with Crippen molar-refractivity contribution in [2.45, 2.75) is 18.4 Å². The molecular formula is C14H11Cl3O3S. The van der Waals surface area contributed by atoms with E-state index < -0.39 is 9.05 Å². The third-order valence-corrected chi connectivity index (χ3v) is 4.78. The van der Waals surface area contributed by atoms with Crippen molar-refractivity contribution in [1.29, 1.82) is 0 Å². The van der Waals surface area contributed by atoms with Crippen LogP contribution in [0.5, 0.6) is 5.75 Å². The van der Waals surface area contributed by atoms with Gasteiger partial charge in [0.15, 0.2) is 0 Å². The van der Waals surface area contributed by atoms with Crippen LogP contribution in [0.4, 0.5) is 0 Å². The van der Waals surface area contributed by atoms with Gasteiger partial charge in [-0.05, 0) is 36.8 Å². The fourth-order valence-corrected chi connectivity index (χ4v) is 3.04. The molecule has 21 heavy (non-hydrogen) atoms. The number of ether oxygens (including phenoxy) is 1. The predicted octanol–water partition coefficient (Wildman–Crippen LogP) is 4.81. The number of aryl methyl sites for hydroxylation is 1. The van der Waals surface area contributed by atoms with Gasteiger partial charge < -0.3 is 4.74 Å².